The SMILES string of the molecule is CCc1cc(C(=O)OC)c(NC(=O)CSc2nnc(-c3csc(C)c3CC)n2C)s1. The fourth-order valence-corrected chi connectivity index (χ4v) is 5.70. The number of carbonyl (C=O) groups excluding carboxylic acids is 2. The number of aromatic nitrogens is 3. The highest BCUT2D eigenvalue weighted by Crippen LogP contribution is 2.32. The first kappa shape index (κ1) is 22.5. The van der Waals surface area contributed by atoms with Crippen molar-refractivity contribution < 1.29 is 14.3 Å². The van der Waals surface area contributed by atoms with Crippen molar-refractivity contribution in [3.05, 3.63) is 32.3 Å². The molecule has 3 rings (SSSR count). The molecule has 0 saturated heterocycles. The maximum Gasteiger partial charge on any atom is 0.340 e. The third kappa shape index (κ3) is 4.60. The molecule has 3 aromatic rings. The number of ether oxygens (including phenoxy) is 1. The second-order valence-corrected chi connectivity index (χ2v) is 9.70. The summed E-state index contributed by atoms with van der Waals surface area (Å²) in [6, 6.07) is 1.77. The molecule has 1 amide bonds. The summed E-state index contributed by atoms with van der Waals surface area (Å²) in [5, 5.41) is 14.7. The van der Waals surface area contributed by atoms with Gasteiger partial charge >= 0.3 is 5.97 Å². The number of esters is 1. The van der Waals surface area contributed by atoms with Gasteiger partial charge in [-0.1, -0.05) is 25.6 Å². The first-order valence-corrected chi connectivity index (χ1v) is 12.2. The number of thiophene rings is 2. The van der Waals surface area contributed by atoms with Crippen molar-refractivity contribution in [1.82, 2.24) is 14.8 Å². The lowest BCUT2D eigenvalue weighted by Gasteiger charge is -2.06. The van der Waals surface area contributed by atoms with Gasteiger partial charge in [-0.15, -0.1) is 32.9 Å². The van der Waals surface area contributed by atoms with Gasteiger partial charge < -0.3 is 14.6 Å². The summed E-state index contributed by atoms with van der Waals surface area (Å²) in [6.45, 7) is 6.24. The molecule has 0 aliphatic heterocycles. The third-order valence-electron chi connectivity index (χ3n) is 4.66. The van der Waals surface area contributed by atoms with E-state index < -0.39 is 5.97 Å². The van der Waals surface area contributed by atoms with Gasteiger partial charge in [0.05, 0.1) is 18.4 Å². The van der Waals surface area contributed by atoms with Crippen LogP contribution in [-0.4, -0.2) is 39.5 Å². The van der Waals surface area contributed by atoms with Crippen molar-refractivity contribution in [3.8, 4) is 11.4 Å². The van der Waals surface area contributed by atoms with E-state index in [0.717, 1.165) is 29.1 Å². The molecule has 0 bridgehead atoms. The number of aryl methyl sites for hydroxylation is 2. The molecular weight excluding hydrogens is 440 g/mol. The predicted octanol–water partition coefficient (Wildman–Crippen LogP) is 4.56. The molecule has 10 heteroatoms. The highest BCUT2D eigenvalue weighted by molar-refractivity contribution is 7.99. The van der Waals surface area contributed by atoms with Gasteiger partial charge in [-0.25, -0.2) is 4.79 Å². The van der Waals surface area contributed by atoms with Gasteiger partial charge in [0.15, 0.2) is 11.0 Å². The van der Waals surface area contributed by atoms with E-state index in [4.69, 9.17) is 4.74 Å². The zero-order valence-corrected chi connectivity index (χ0v) is 20.0. The van der Waals surface area contributed by atoms with Crippen molar-refractivity contribution in [2.24, 2.45) is 7.05 Å². The molecule has 0 aromatic carbocycles. The zero-order chi connectivity index (χ0) is 21.8. The van der Waals surface area contributed by atoms with E-state index in [1.165, 1.54) is 40.6 Å². The average molecular weight is 465 g/mol. The number of carbonyl (C=O) groups is 2. The predicted molar refractivity (Wildman–Crippen MR) is 123 cm³/mol. The van der Waals surface area contributed by atoms with Crippen LogP contribution in [0.15, 0.2) is 16.6 Å². The monoisotopic (exact) mass is 464 g/mol. The number of anilines is 1. The van der Waals surface area contributed by atoms with E-state index in [2.05, 4.69) is 34.7 Å². The number of amides is 1. The molecule has 0 saturated carbocycles. The Morgan fingerprint density at radius 3 is 2.70 bits per heavy atom. The summed E-state index contributed by atoms with van der Waals surface area (Å²) in [4.78, 5) is 26.8. The molecule has 7 nitrogen and oxygen atoms in total. The molecule has 0 atom stereocenters. The smallest absolute Gasteiger partial charge is 0.340 e. The molecule has 0 fully saturated rings. The van der Waals surface area contributed by atoms with Crippen LogP contribution >= 0.6 is 34.4 Å². The minimum absolute atomic E-state index is 0.162. The van der Waals surface area contributed by atoms with Gasteiger partial charge in [0.25, 0.3) is 0 Å². The lowest BCUT2D eigenvalue weighted by atomic mass is 10.1. The number of rotatable bonds is 8. The third-order valence-corrected chi connectivity index (χ3v) is 7.82. The molecule has 0 radical (unpaired) electrons. The minimum atomic E-state index is -0.454. The number of hydrogen-bond donors (Lipinski definition) is 1. The summed E-state index contributed by atoms with van der Waals surface area (Å²) < 4.78 is 6.73. The van der Waals surface area contributed by atoms with Crippen LogP contribution in [0.25, 0.3) is 11.4 Å². The molecule has 0 aliphatic carbocycles. The quantitative estimate of drug-likeness (QED) is 0.389. The van der Waals surface area contributed by atoms with E-state index in [-0.39, 0.29) is 11.7 Å². The van der Waals surface area contributed by atoms with Gasteiger partial charge in [0.2, 0.25) is 5.91 Å². The van der Waals surface area contributed by atoms with Gasteiger partial charge in [-0.05, 0) is 31.4 Å². The Morgan fingerprint density at radius 2 is 2.03 bits per heavy atom. The van der Waals surface area contributed by atoms with E-state index in [9.17, 15) is 9.59 Å². The van der Waals surface area contributed by atoms with Crippen LogP contribution in [0.4, 0.5) is 5.00 Å². The topological polar surface area (TPSA) is 86.1 Å². The van der Waals surface area contributed by atoms with E-state index >= 15 is 0 Å². The first-order valence-electron chi connectivity index (χ1n) is 9.49. The number of thioether (sulfide) groups is 1. The van der Waals surface area contributed by atoms with Gasteiger partial charge in [-0.2, -0.15) is 0 Å². The Kier molecular flexibility index (Phi) is 7.32. The fourth-order valence-electron chi connectivity index (χ4n) is 3.04. The normalized spacial score (nSPS) is 11.0. The lowest BCUT2D eigenvalue weighted by Crippen LogP contribution is -2.16. The second kappa shape index (κ2) is 9.76. The number of nitrogens with one attached hydrogen (secondary N) is 1. The first-order chi connectivity index (χ1) is 14.4. The molecule has 0 unspecified atom stereocenters. The molecule has 0 spiro atoms. The fraction of sp³-hybridized carbons (Fsp3) is 0.400. The van der Waals surface area contributed by atoms with Crippen LogP contribution in [0.5, 0.6) is 0 Å². The van der Waals surface area contributed by atoms with Crippen LogP contribution in [0.3, 0.4) is 0 Å². The van der Waals surface area contributed by atoms with Crippen LogP contribution < -0.4 is 5.32 Å². The lowest BCUT2D eigenvalue weighted by molar-refractivity contribution is -0.113. The Balaban J connectivity index is 1.70. The van der Waals surface area contributed by atoms with Gasteiger partial charge in [0.1, 0.15) is 5.00 Å². The zero-order valence-electron chi connectivity index (χ0n) is 17.6. The summed E-state index contributed by atoms with van der Waals surface area (Å²) >= 11 is 4.41. The molecule has 160 valence electrons. The van der Waals surface area contributed by atoms with Crippen molar-refractivity contribution in [2.75, 3.05) is 18.2 Å². The molecule has 1 N–H and O–H groups in total. The molecule has 0 aliphatic rings. The largest absolute Gasteiger partial charge is 0.465 e. The van der Waals surface area contributed by atoms with Crippen molar-refractivity contribution in [3.63, 3.8) is 0 Å². The molecule has 30 heavy (non-hydrogen) atoms. The maximum atomic E-state index is 12.5. The van der Waals surface area contributed by atoms with Crippen molar-refractivity contribution in [1.29, 1.82) is 0 Å². The Morgan fingerprint density at radius 1 is 1.27 bits per heavy atom. The van der Waals surface area contributed by atoms with Crippen LogP contribution in [-0.2, 0) is 29.4 Å². The van der Waals surface area contributed by atoms with E-state index in [1.807, 2.05) is 18.5 Å². The maximum absolute atomic E-state index is 12.5. The standard InChI is InChI=1S/C20H24N4O3S3/c1-6-12-8-14(19(26)27-5)18(30-12)21-16(25)10-29-20-23-22-17(24(20)4)15-9-28-11(3)13(15)7-2/h8-9H,6-7,10H2,1-5H3,(H,21,25). The minimum Gasteiger partial charge on any atom is -0.465 e. The summed E-state index contributed by atoms with van der Waals surface area (Å²) in [5.41, 5.74) is 2.77. The summed E-state index contributed by atoms with van der Waals surface area (Å²) in [6.07, 6.45) is 1.72. The van der Waals surface area contributed by atoms with Gasteiger partial charge in [-0.3, -0.25) is 4.79 Å². The highest BCUT2D eigenvalue weighted by atomic mass is 32.2. The van der Waals surface area contributed by atoms with Crippen molar-refractivity contribution >= 4 is 51.3 Å². The Bertz CT molecular complexity index is 1070. The van der Waals surface area contributed by atoms with Crippen molar-refractivity contribution in [2.45, 2.75) is 38.8 Å². The van der Waals surface area contributed by atoms with E-state index in [0.29, 0.717) is 15.7 Å². The van der Waals surface area contributed by atoms with E-state index in [1.54, 1.807) is 17.4 Å². The molecule has 3 heterocycles. The van der Waals surface area contributed by atoms with Crippen LogP contribution in [0.2, 0.25) is 0 Å². The Hall–Kier alpha value is -2.17. The summed E-state index contributed by atoms with van der Waals surface area (Å²) in [5.74, 6) is 0.303. The molecule has 3 aromatic heterocycles. The highest BCUT2D eigenvalue weighted by Gasteiger charge is 2.20. The second-order valence-electron chi connectivity index (χ2n) is 6.54. The van der Waals surface area contributed by atoms with Crippen LogP contribution in [0.1, 0.15) is 39.5 Å². The number of nitrogens with zero attached hydrogens (tertiary/aromatic N) is 3. The average Bonchev–Trinajstić information content (AvgIpc) is 3.42. The molecular formula is C20H24N4O3S3. The van der Waals surface area contributed by atoms with Gasteiger partial charge in [0, 0.05) is 27.7 Å². The Labute approximate surface area is 187 Å². The number of methoxy groups -OCH3 is 1. The number of hydrogen-bond acceptors (Lipinski definition) is 8. The van der Waals surface area contributed by atoms with Crippen LogP contribution in [0, 0.1) is 6.92 Å². The summed E-state index contributed by atoms with van der Waals surface area (Å²) in [7, 11) is 3.24.